The van der Waals surface area contributed by atoms with Crippen LogP contribution in [0.15, 0.2) is 0 Å². The molecule has 128 valence electrons. The Morgan fingerprint density at radius 3 is 1.08 bits per heavy atom. The van der Waals surface area contributed by atoms with Crippen molar-refractivity contribution in [1.29, 1.82) is 0 Å². The van der Waals surface area contributed by atoms with Crippen LogP contribution in [-0.4, -0.2) is 5.78 Å². The maximum Gasteiger partial charge on any atom is 0.205 e. The Balaban J connectivity index is 2.87. The van der Waals surface area contributed by atoms with E-state index in [2.05, 4.69) is 5.73 Å². The van der Waals surface area contributed by atoms with Crippen molar-refractivity contribution in [2.75, 3.05) is 5.73 Å². The fourth-order valence-corrected chi connectivity index (χ4v) is 1.78. The van der Waals surface area contributed by atoms with Crippen LogP contribution in [0.1, 0.15) is 15.9 Å². The summed E-state index contributed by atoms with van der Waals surface area (Å²) in [6, 6.07) is 0. The summed E-state index contributed by atoms with van der Waals surface area (Å²) in [4.78, 5) is 11.8. The Labute approximate surface area is 126 Å². The molecule has 0 radical (unpaired) electrons. The summed E-state index contributed by atoms with van der Waals surface area (Å²) in [5.41, 5.74) is -1.51. The predicted octanol–water partition coefficient (Wildman–Crippen LogP) is 3.75. The van der Waals surface area contributed by atoms with Gasteiger partial charge in [0.15, 0.2) is 46.5 Å². The summed E-state index contributed by atoms with van der Waals surface area (Å²) < 4.78 is 120. The lowest BCUT2D eigenvalue weighted by atomic mass is 9.99. The van der Waals surface area contributed by atoms with Gasteiger partial charge in [-0.2, -0.15) is 0 Å². The Bertz CT molecular complexity index is 764. The van der Waals surface area contributed by atoms with Crippen molar-refractivity contribution in [2.24, 2.45) is 0 Å². The molecule has 0 atom stereocenters. The van der Waals surface area contributed by atoms with Gasteiger partial charge in [-0.15, -0.1) is 0 Å². The summed E-state index contributed by atoms with van der Waals surface area (Å²) in [5, 5.41) is 0. The third kappa shape index (κ3) is 2.27. The molecule has 24 heavy (non-hydrogen) atoms. The third-order valence-corrected chi connectivity index (χ3v) is 2.96. The summed E-state index contributed by atoms with van der Waals surface area (Å²) in [7, 11) is 0. The molecule has 0 aromatic heterocycles. The lowest BCUT2D eigenvalue weighted by molar-refractivity contribution is 0.101. The first kappa shape index (κ1) is 17.6. The molecule has 2 nitrogen and oxygen atoms in total. The minimum atomic E-state index is -2.67. The number of ketones is 1. The van der Waals surface area contributed by atoms with Crippen molar-refractivity contribution in [3.05, 3.63) is 63.5 Å². The van der Waals surface area contributed by atoms with Gasteiger partial charge in [0.25, 0.3) is 0 Å². The van der Waals surface area contributed by atoms with Crippen molar-refractivity contribution >= 4 is 11.5 Å². The monoisotopic (exact) mass is 359 g/mol. The van der Waals surface area contributed by atoms with Crippen molar-refractivity contribution < 1.29 is 44.3 Å². The molecule has 0 heterocycles. The number of nitrogen functional groups attached to an aromatic ring is 1. The number of carbonyl (C=O) groups is 1. The van der Waals surface area contributed by atoms with E-state index in [4.69, 9.17) is 0 Å². The summed E-state index contributed by atoms with van der Waals surface area (Å²) in [5.74, 6) is -25.2. The molecule has 2 N–H and O–H groups in total. The average Bonchev–Trinajstić information content (AvgIpc) is 2.55. The number of nitrogens with two attached hydrogens (primary N) is 1. The summed E-state index contributed by atoms with van der Waals surface area (Å²) >= 11 is 0. The topological polar surface area (TPSA) is 43.1 Å². The highest BCUT2D eigenvalue weighted by atomic mass is 19.2. The second-order valence-electron chi connectivity index (χ2n) is 4.32. The van der Waals surface area contributed by atoms with E-state index in [0.717, 1.165) is 0 Å². The molecule has 0 saturated carbocycles. The third-order valence-electron chi connectivity index (χ3n) is 2.96. The number of hydrogen-bond donors (Lipinski definition) is 1. The standard InChI is InChI=1S/C13H2F9NO/c14-3-1(4(15)8(19)9(20)7(3)18)13(24)2-5(16)10(21)12(23)11(22)6(2)17/h23H2. The van der Waals surface area contributed by atoms with Gasteiger partial charge < -0.3 is 5.73 Å². The van der Waals surface area contributed by atoms with Crippen molar-refractivity contribution in [3.8, 4) is 0 Å². The van der Waals surface area contributed by atoms with Gasteiger partial charge in [0.1, 0.15) is 16.8 Å². The SMILES string of the molecule is Nc1c(F)c(F)c(C(=O)c2c(F)c(F)c(F)c(F)c2F)c(F)c1F. The predicted molar refractivity (Wildman–Crippen MR) is 60.4 cm³/mol. The maximum atomic E-state index is 13.6. The quantitative estimate of drug-likeness (QED) is 0.292. The molecule has 0 fully saturated rings. The normalized spacial score (nSPS) is 11.0. The molecule has 0 bridgehead atoms. The first-order valence-electron chi connectivity index (χ1n) is 5.69. The summed E-state index contributed by atoms with van der Waals surface area (Å²) in [6.45, 7) is 0. The lowest BCUT2D eigenvalue weighted by Crippen LogP contribution is -2.18. The highest BCUT2D eigenvalue weighted by Gasteiger charge is 2.35. The fraction of sp³-hybridized carbons (Fsp3) is 0. The number of rotatable bonds is 2. The van der Waals surface area contributed by atoms with Crippen LogP contribution >= 0.6 is 0 Å². The molecular formula is C13H2F9NO. The van der Waals surface area contributed by atoms with Crippen LogP contribution in [0.2, 0.25) is 0 Å². The molecular weight excluding hydrogens is 357 g/mol. The van der Waals surface area contributed by atoms with E-state index in [1.807, 2.05) is 0 Å². The number of anilines is 1. The van der Waals surface area contributed by atoms with Crippen LogP contribution in [0, 0.1) is 52.4 Å². The number of carbonyl (C=O) groups excluding carboxylic acids is 1. The van der Waals surface area contributed by atoms with E-state index >= 15 is 0 Å². The van der Waals surface area contributed by atoms with E-state index in [0.29, 0.717) is 0 Å². The van der Waals surface area contributed by atoms with Crippen molar-refractivity contribution in [2.45, 2.75) is 0 Å². The van der Waals surface area contributed by atoms with Gasteiger partial charge in [0.05, 0.1) is 0 Å². The Kier molecular flexibility index (Phi) is 4.21. The molecule has 11 heteroatoms. The molecule has 0 spiro atoms. The summed E-state index contributed by atoms with van der Waals surface area (Å²) in [6.07, 6.45) is 0. The molecule has 0 saturated heterocycles. The smallest absolute Gasteiger partial charge is 0.205 e. The Morgan fingerprint density at radius 1 is 0.500 bits per heavy atom. The highest BCUT2D eigenvalue weighted by molar-refractivity contribution is 6.10. The van der Waals surface area contributed by atoms with Crippen LogP contribution < -0.4 is 5.73 Å². The Hall–Kier alpha value is -2.72. The van der Waals surface area contributed by atoms with Gasteiger partial charge in [-0.1, -0.05) is 0 Å². The molecule has 2 aromatic carbocycles. The van der Waals surface area contributed by atoms with Gasteiger partial charge in [-0.25, -0.2) is 39.5 Å². The van der Waals surface area contributed by atoms with E-state index in [9.17, 15) is 44.3 Å². The van der Waals surface area contributed by atoms with Crippen LogP contribution in [0.4, 0.5) is 45.2 Å². The second-order valence-corrected chi connectivity index (χ2v) is 4.32. The van der Waals surface area contributed by atoms with Gasteiger partial charge in [0, 0.05) is 0 Å². The minimum absolute atomic E-state index is 1.68. The van der Waals surface area contributed by atoms with Crippen molar-refractivity contribution in [3.63, 3.8) is 0 Å². The highest BCUT2D eigenvalue weighted by Crippen LogP contribution is 2.30. The molecule has 2 aromatic rings. The molecule has 0 unspecified atom stereocenters. The first-order valence-corrected chi connectivity index (χ1v) is 5.69. The fourth-order valence-electron chi connectivity index (χ4n) is 1.78. The number of hydrogen-bond acceptors (Lipinski definition) is 2. The largest absolute Gasteiger partial charge is 0.394 e. The van der Waals surface area contributed by atoms with E-state index in [-0.39, 0.29) is 0 Å². The van der Waals surface area contributed by atoms with Crippen LogP contribution in [-0.2, 0) is 0 Å². The van der Waals surface area contributed by atoms with Gasteiger partial charge in [-0.05, 0) is 0 Å². The molecule has 0 amide bonds. The zero-order valence-electron chi connectivity index (χ0n) is 10.9. The number of benzene rings is 2. The molecule has 0 aliphatic carbocycles. The zero-order chi connectivity index (χ0) is 18.5. The van der Waals surface area contributed by atoms with Gasteiger partial charge in [-0.3, -0.25) is 4.79 Å². The van der Waals surface area contributed by atoms with E-state index < -0.39 is 75.0 Å². The molecule has 2 rings (SSSR count). The van der Waals surface area contributed by atoms with Gasteiger partial charge >= 0.3 is 0 Å². The van der Waals surface area contributed by atoms with Crippen LogP contribution in [0.5, 0.6) is 0 Å². The second kappa shape index (κ2) is 5.73. The van der Waals surface area contributed by atoms with Crippen LogP contribution in [0.25, 0.3) is 0 Å². The number of halogens is 9. The zero-order valence-corrected chi connectivity index (χ0v) is 10.9. The van der Waals surface area contributed by atoms with E-state index in [1.165, 1.54) is 0 Å². The molecule has 0 aliphatic heterocycles. The minimum Gasteiger partial charge on any atom is -0.394 e. The van der Waals surface area contributed by atoms with Crippen molar-refractivity contribution in [1.82, 2.24) is 0 Å². The average molecular weight is 359 g/mol. The lowest BCUT2D eigenvalue weighted by Gasteiger charge is -2.11. The maximum absolute atomic E-state index is 13.6. The molecule has 0 aliphatic rings. The Morgan fingerprint density at radius 2 is 0.750 bits per heavy atom. The van der Waals surface area contributed by atoms with Crippen LogP contribution in [0.3, 0.4) is 0 Å². The van der Waals surface area contributed by atoms with Gasteiger partial charge in [0.2, 0.25) is 11.6 Å². The first-order chi connectivity index (χ1) is 11.0. The van der Waals surface area contributed by atoms with E-state index in [1.54, 1.807) is 0 Å².